The summed E-state index contributed by atoms with van der Waals surface area (Å²) < 4.78 is 11.3. The number of pyridine rings is 1. The average Bonchev–Trinajstić information content (AvgIpc) is 3.11. The summed E-state index contributed by atoms with van der Waals surface area (Å²) in [5.74, 6) is 2.63. The first-order chi connectivity index (χ1) is 12.8. The number of hydrogen-bond donors (Lipinski definition) is 1. The van der Waals surface area contributed by atoms with Crippen LogP contribution in [0.1, 0.15) is 11.3 Å². The average molecular weight is 343 g/mol. The maximum Gasteiger partial charge on any atom is 0.170 e. The summed E-state index contributed by atoms with van der Waals surface area (Å²) in [4.78, 5) is 4.07. The Labute approximate surface area is 151 Å². The van der Waals surface area contributed by atoms with Crippen LogP contribution >= 0.6 is 0 Å². The molecule has 0 saturated heterocycles. The predicted molar refractivity (Wildman–Crippen MR) is 99.9 cm³/mol. The Morgan fingerprint density at radius 2 is 1.73 bits per heavy atom. The summed E-state index contributed by atoms with van der Waals surface area (Å²) in [6.07, 6.45) is 2.28. The fraction of sp³-hybridized carbons (Fsp3) is 0.0476. The third kappa shape index (κ3) is 3.57. The molecule has 0 spiro atoms. The molecule has 0 bridgehead atoms. The van der Waals surface area contributed by atoms with E-state index < -0.39 is 0 Å². The molecule has 4 rings (SSSR count). The lowest BCUT2D eigenvalue weighted by Crippen LogP contribution is -1.92. The molecule has 0 fully saturated rings. The van der Waals surface area contributed by atoms with E-state index in [1.807, 2.05) is 72.8 Å². The van der Waals surface area contributed by atoms with Gasteiger partial charge in [-0.05, 0) is 42.0 Å². The van der Waals surface area contributed by atoms with Crippen molar-refractivity contribution >= 4 is 5.82 Å². The molecule has 0 unspecified atom stereocenters. The van der Waals surface area contributed by atoms with Crippen LogP contribution in [0.4, 0.5) is 5.82 Å². The minimum atomic E-state index is 0.424. The number of rotatable bonds is 5. The zero-order valence-electron chi connectivity index (χ0n) is 14.0. The SMILES string of the molecule is Nc1ncccc1-c1cc(Cc2cccc(Oc3ccccc3)c2)no1. The highest BCUT2D eigenvalue weighted by Crippen LogP contribution is 2.26. The Kier molecular flexibility index (Phi) is 4.35. The van der Waals surface area contributed by atoms with Gasteiger partial charge in [-0.2, -0.15) is 0 Å². The van der Waals surface area contributed by atoms with Crippen molar-refractivity contribution < 1.29 is 9.26 Å². The summed E-state index contributed by atoms with van der Waals surface area (Å²) in [6.45, 7) is 0. The smallest absolute Gasteiger partial charge is 0.170 e. The normalized spacial score (nSPS) is 10.6. The second kappa shape index (κ2) is 7.11. The third-order valence-electron chi connectivity index (χ3n) is 3.93. The quantitative estimate of drug-likeness (QED) is 0.568. The Hall–Kier alpha value is -3.60. The van der Waals surface area contributed by atoms with Gasteiger partial charge in [-0.3, -0.25) is 0 Å². The van der Waals surface area contributed by atoms with Gasteiger partial charge in [-0.1, -0.05) is 35.5 Å². The molecule has 0 radical (unpaired) electrons. The first-order valence-electron chi connectivity index (χ1n) is 8.26. The molecule has 5 heteroatoms. The highest BCUT2D eigenvalue weighted by molar-refractivity contribution is 5.69. The molecule has 26 heavy (non-hydrogen) atoms. The van der Waals surface area contributed by atoms with Crippen LogP contribution in [0.2, 0.25) is 0 Å². The van der Waals surface area contributed by atoms with Crippen LogP contribution in [0.25, 0.3) is 11.3 Å². The highest BCUT2D eigenvalue weighted by Gasteiger charge is 2.11. The topological polar surface area (TPSA) is 74.2 Å². The second-order valence-corrected chi connectivity index (χ2v) is 5.86. The van der Waals surface area contributed by atoms with Gasteiger partial charge in [-0.25, -0.2) is 4.98 Å². The molecule has 0 aliphatic heterocycles. The minimum absolute atomic E-state index is 0.424. The number of aromatic nitrogens is 2. The molecular formula is C21H17N3O2. The minimum Gasteiger partial charge on any atom is -0.457 e. The van der Waals surface area contributed by atoms with Crippen LogP contribution in [0.3, 0.4) is 0 Å². The highest BCUT2D eigenvalue weighted by atomic mass is 16.5. The zero-order chi connectivity index (χ0) is 17.8. The Bertz CT molecular complexity index is 1010. The summed E-state index contributed by atoms with van der Waals surface area (Å²) in [6, 6.07) is 23.2. The van der Waals surface area contributed by atoms with E-state index in [1.54, 1.807) is 6.20 Å². The van der Waals surface area contributed by atoms with E-state index in [1.165, 1.54) is 0 Å². The van der Waals surface area contributed by atoms with Crippen molar-refractivity contribution in [2.45, 2.75) is 6.42 Å². The molecule has 0 aliphatic rings. The van der Waals surface area contributed by atoms with Gasteiger partial charge < -0.3 is 15.0 Å². The number of ether oxygens (including phenoxy) is 1. The van der Waals surface area contributed by atoms with Gasteiger partial charge in [0, 0.05) is 18.7 Å². The molecule has 2 heterocycles. The van der Waals surface area contributed by atoms with Crippen molar-refractivity contribution in [3.05, 3.63) is 90.3 Å². The van der Waals surface area contributed by atoms with Crippen molar-refractivity contribution in [3.63, 3.8) is 0 Å². The number of anilines is 1. The fourth-order valence-corrected chi connectivity index (χ4v) is 2.70. The van der Waals surface area contributed by atoms with Crippen molar-refractivity contribution in [2.24, 2.45) is 0 Å². The largest absolute Gasteiger partial charge is 0.457 e. The van der Waals surface area contributed by atoms with Gasteiger partial charge in [0.2, 0.25) is 0 Å². The van der Waals surface area contributed by atoms with E-state index in [0.29, 0.717) is 18.0 Å². The molecule has 128 valence electrons. The monoisotopic (exact) mass is 343 g/mol. The van der Waals surface area contributed by atoms with Crippen LogP contribution in [0.5, 0.6) is 11.5 Å². The fourth-order valence-electron chi connectivity index (χ4n) is 2.70. The van der Waals surface area contributed by atoms with E-state index in [0.717, 1.165) is 28.3 Å². The summed E-state index contributed by atoms with van der Waals surface area (Å²) in [5, 5.41) is 4.14. The summed E-state index contributed by atoms with van der Waals surface area (Å²) in [7, 11) is 0. The lowest BCUT2D eigenvalue weighted by molar-refractivity contribution is 0.425. The number of nitrogens with zero attached hydrogens (tertiary/aromatic N) is 2. The van der Waals surface area contributed by atoms with Gasteiger partial charge in [-0.15, -0.1) is 0 Å². The van der Waals surface area contributed by atoms with Crippen LogP contribution in [-0.4, -0.2) is 10.1 Å². The van der Waals surface area contributed by atoms with Crippen LogP contribution < -0.4 is 10.5 Å². The van der Waals surface area contributed by atoms with Gasteiger partial charge in [0.05, 0.1) is 11.3 Å². The molecule has 2 aromatic heterocycles. The van der Waals surface area contributed by atoms with Crippen molar-refractivity contribution in [1.29, 1.82) is 0 Å². The van der Waals surface area contributed by atoms with Gasteiger partial charge in [0.15, 0.2) is 5.76 Å². The second-order valence-electron chi connectivity index (χ2n) is 5.86. The van der Waals surface area contributed by atoms with E-state index in [2.05, 4.69) is 10.1 Å². The number of para-hydroxylation sites is 1. The number of benzene rings is 2. The Morgan fingerprint density at radius 1 is 0.885 bits per heavy atom. The maximum atomic E-state index is 5.89. The molecule has 2 N–H and O–H groups in total. The first-order valence-corrected chi connectivity index (χ1v) is 8.26. The van der Waals surface area contributed by atoms with Crippen molar-refractivity contribution in [1.82, 2.24) is 10.1 Å². The lowest BCUT2D eigenvalue weighted by Gasteiger charge is -2.06. The van der Waals surface area contributed by atoms with Crippen LogP contribution in [0, 0.1) is 0 Å². The maximum absolute atomic E-state index is 5.89. The van der Waals surface area contributed by atoms with E-state index in [4.69, 9.17) is 15.0 Å². The molecule has 2 aromatic carbocycles. The predicted octanol–water partition coefficient (Wildman–Crippen LogP) is 4.70. The number of hydrogen-bond acceptors (Lipinski definition) is 5. The summed E-state index contributed by atoms with van der Waals surface area (Å²) >= 11 is 0. The number of nitrogens with two attached hydrogens (primary N) is 1. The molecule has 0 saturated carbocycles. The lowest BCUT2D eigenvalue weighted by atomic mass is 10.1. The van der Waals surface area contributed by atoms with Crippen LogP contribution in [0.15, 0.2) is 83.5 Å². The molecule has 0 aliphatic carbocycles. The molecule has 5 nitrogen and oxygen atoms in total. The summed E-state index contributed by atoms with van der Waals surface area (Å²) in [5.41, 5.74) is 8.54. The van der Waals surface area contributed by atoms with Gasteiger partial charge in [0.1, 0.15) is 17.3 Å². The van der Waals surface area contributed by atoms with E-state index in [-0.39, 0.29) is 0 Å². The molecule has 0 amide bonds. The third-order valence-corrected chi connectivity index (χ3v) is 3.93. The molecule has 4 aromatic rings. The molecule has 0 atom stereocenters. The Balaban J connectivity index is 1.51. The van der Waals surface area contributed by atoms with Gasteiger partial charge in [0.25, 0.3) is 0 Å². The number of nitrogen functional groups attached to an aromatic ring is 1. The van der Waals surface area contributed by atoms with E-state index >= 15 is 0 Å². The molecular weight excluding hydrogens is 326 g/mol. The van der Waals surface area contributed by atoms with Crippen LogP contribution in [-0.2, 0) is 6.42 Å². The van der Waals surface area contributed by atoms with E-state index in [9.17, 15) is 0 Å². The van der Waals surface area contributed by atoms with Crippen molar-refractivity contribution in [3.8, 4) is 22.8 Å². The van der Waals surface area contributed by atoms with Crippen molar-refractivity contribution in [2.75, 3.05) is 5.73 Å². The van der Waals surface area contributed by atoms with Gasteiger partial charge >= 0.3 is 0 Å². The first kappa shape index (κ1) is 15.9. The Morgan fingerprint density at radius 3 is 2.58 bits per heavy atom. The zero-order valence-corrected chi connectivity index (χ0v) is 14.0. The standard InChI is InChI=1S/C21H17N3O2/c22-21-19(10-5-11-23-21)20-14-16(24-26-20)12-15-6-4-9-18(13-15)25-17-7-2-1-3-8-17/h1-11,13-14H,12H2,(H2,22,23).